The third-order valence-corrected chi connectivity index (χ3v) is 7.72. The van der Waals surface area contributed by atoms with Crippen LogP contribution in [0.1, 0.15) is 36.5 Å². The lowest BCUT2D eigenvalue weighted by Crippen LogP contribution is -2.39. The van der Waals surface area contributed by atoms with Gasteiger partial charge in [-0.25, -0.2) is 13.2 Å². The number of anilines is 1. The first-order valence-electron chi connectivity index (χ1n) is 12.4. The largest absolute Gasteiger partial charge is 0.481 e. The Morgan fingerprint density at radius 2 is 1.67 bits per heavy atom. The summed E-state index contributed by atoms with van der Waals surface area (Å²) in [4.78, 5) is 25.9. The summed E-state index contributed by atoms with van der Waals surface area (Å²) in [5.41, 5.74) is 2.56. The van der Waals surface area contributed by atoms with E-state index in [4.69, 9.17) is 9.47 Å². The zero-order valence-corrected chi connectivity index (χ0v) is 23.5. The number of methoxy groups -OCH3 is 1. The maximum Gasteiger partial charge on any atom is 0.410 e. The van der Waals surface area contributed by atoms with E-state index in [9.17, 15) is 23.1 Å². The fourth-order valence-corrected chi connectivity index (χ4v) is 4.56. The third kappa shape index (κ3) is 7.73. The number of nitrogens with zero attached hydrogens (tertiary/aromatic N) is 2. The van der Waals surface area contributed by atoms with Crippen LogP contribution < -0.4 is 9.04 Å². The molecule has 0 aliphatic carbocycles. The number of carbonyl (C=O) groups is 2. The number of ether oxygens (including phenoxy) is 2. The molecule has 0 fully saturated rings. The van der Waals surface area contributed by atoms with Crippen molar-refractivity contribution in [2.24, 2.45) is 0 Å². The lowest BCUT2D eigenvalue weighted by atomic mass is 10.0. The summed E-state index contributed by atoms with van der Waals surface area (Å²) in [6.07, 6.45) is 1.14. The van der Waals surface area contributed by atoms with Crippen LogP contribution in [0.3, 0.4) is 0 Å². The highest BCUT2D eigenvalue weighted by atomic mass is 32.2. The van der Waals surface area contributed by atoms with E-state index in [0.717, 1.165) is 16.1 Å². The van der Waals surface area contributed by atoms with Crippen molar-refractivity contribution < 1.29 is 32.6 Å². The molecule has 0 aliphatic rings. The highest BCUT2D eigenvalue weighted by Crippen LogP contribution is 2.33. The summed E-state index contributed by atoms with van der Waals surface area (Å²) >= 11 is 0. The van der Waals surface area contributed by atoms with Crippen LogP contribution in [0.15, 0.2) is 72.8 Å². The number of hydrogen-bond donors (Lipinski definition) is 1. The molecule has 0 spiro atoms. The highest BCUT2D eigenvalue weighted by molar-refractivity contribution is 7.92. The third-order valence-electron chi connectivity index (χ3n) is 6.52. The maximum atomic E-state index is 12.9. The van der Waals surface area contributed by atoms with Gasteiger partial charge in [-0.2, -0.15) is 0 Å². The zero-order valence-electron chi connectivity index (χ0n) is 22.7. The molecule has 0 heterocycles. The molecule has 0 saturated heterocycles. The molecule has 208 valence electrons. The molecule has 9 nitrogen and oxygen atoms in total. The molecule has 0 saturated carbocycles. The normalized spacial score (nSPS) is 12.7. The van der Waals surface area contributed by atoms with E-state index in [0.29, 0.717) is 34.7 Å². The molecular formula is C29H34N2O7S. The van der Waals surface area contributed by atoms with Crippen molar-refractivity contribution in [1.82, 2.24) is 4.90 Å². The van der Waals surface area contributed by atoms with E-state index in [-0.39, 0.29) is 12.6 Å². The maximum absolute atomic E-state index is 12.9. The average molecular weight is 555 g/mol. The van der Waals surface area contributed by atoms with Crippen LogP contribution >= 0.6 is 0 Å². The van der Waals surface area contributed by atoms with Gasteiger partial charge in [-0.05, 0) is 61.7 Å². The lowest BCUT2D eigenvalue weighted by molar-refractivity contribution is -0.138. The van der Waals surface area contributed by atoms with Gasteiger partial charge in [0, 0.05) is 18.7 Å². The Balaban J connectivity index is 2.02. The van der Waals surface area contributed by atoms with Crippen molar-refractivity contribution in [2.45, 2.75) is 38.8 Å². The first kappa shape index (κ1) is 29.5. The summed E-state index contributed by atoms with van der Waals surface area (Å²) in [7, 11) is -0.786. The number of benzene rings is 3. The van der Waals surface area contributed by atoms with Crippen molar-refractivity contribution in [3.63, 3.8) is 0 Å². The number of carbonyl (C=O) groups excluding carboxylic acids is 1. The fraction of sp³-hybridized carbons (Fsp3) is 0.310. The fourth-order valence-electron chi connectivity index (χ4n) is 4.06. The molecule has 3 aromatic carbocycles. The van der Waals surface area contributed by atoms with E-state index in [1.54, 1.807) is 54.3 Å². The van der Waals surface area contributed by atoms with Gasteiger partial charge < -0.3 is 19.5 Å². The minimum absolute atomic E-state index is 0.0761. The second-order valence-electron chi connectivity index (χ2n) is 9.39. The molecule has 2 atom stereocenters. The number of rotatable bonds is 11. The number of hydrogen-bond acceptors (Lipinski definition) is 6. The number of carboxylic acid groups (broad SMARTS) is 1. The smallest absolute Gasteiger partial charge is 0.410 e. The highest BCUT2D eigenvalue weighted by Gasteiger charge is 2.24. The number of sulfonamides is 1. The molecule has 1 amide bonds. The number of carboxylic acids is 1. The predicted molar refractivity (Wildman–Crippen MR) is 150 cm³/mol. The van der Waals surface area contributed by atoms with E-state index in [1.807, 2.05) is 37.3 Å². The Labute approximate surface area is 229 Å². The van der Waals surface area contributed by atoms with Gasteiger partial charge in [0.15, 0.2) is 0 Å². The molecule has 0 aliphatic heterocycles. The van der Waals surface area contributed by atoms with Gasteiger partial charge in [-0.15, -0.1) is 0 Å². The van der Waals surface area contributed by atoms with Gasteiger partial charge in [0.05, 0.1) is 31.5 Å². The van der Waals surface area contributed by atoms with E-state index >= 15 is 0 Å². The van der Waals surface area contributed by atoms with Gasteiger partial charge in [0.2, 0.25) is 10.0 Å². The molecule has 0 aromatic heterocycles. The molecule has 10 heteroatoms. The van der Waals surface area contributed by atoms with Crippen LogP contribution in [0.25, 0.3) is 0 Å². The van der Waals surface area contributed by atoms with E-state index in [2.05, 4.69) is 0 Å². The quantitative estimate of drug-likeness (QED) is 0.344. The zero-order chi connectivity index (χ0) is 28.7. The summed E-state index contributed by atoms with van der Waals surface area (Å²) in [5, 5.41) is 9.40. The number of aliphatic carboxylic acids is 1. The first-order valence-corrected chi connectivity index (χ1v) is 14.2. The molecule has 1 unspecified atom stereocenters. The standard InChI is InChI=1S/C29H34N2O7S/c1-20(16-22-10-7-6-8-11-22)31(29(34)37-4)19-24-17-25(30(3)39(5,35)36)14-15-27(24)38-26-13-9-12-23(18-26)21(2)28(32)33/h6-15,17-18,20-21H,16,19H2,1-5H3,(H,32,33)/t20-,21?/m0/s1. The topological polar surface area (TPSA) is 113 Å². The molecular weight excluding hydrogens is 520 g/mol. The summed E-state index contributed by atoms with van der Waals surface area (Å²) in [5.74, 6) is -0.885. The molecule has 0 bridgehead atoms. The van der Waals surface area contributed by atoms with Crippen LogP contribution in [0.2, 0.25) is 0 Å². The Morgan fingerprint density at radius 3 is 2.28 bits per heavy atom. The summed E-state index contributed by atoms with van der Waals surface area (Å²) in [6.45, 7) is 3.57. The van der Waals surface area contributed by atoms with Gasteiger partial charge in [-0.3, -0.25) is 9.10 Å². The SMILES string of the molecule is COC(=O)N(Cc1cc(N(C)S(C)(=O)=O)ccc1Oc1cccc(C(C)C(=O)O)c1)[C@@H](C)Cc1ccccc1. The van der Waals surface area contributed by atoms with Gasteiger partial charge in [0.25, 0.3) is 0 Å². The Morgan fingerprint density at radius 1 is 0.974 bits per heavy atom. The van der Waals surface area contributed by atoms with Gasteiger partial charge in [-0.1, -0.05) is 42.5 Å². The second kappa shape index (κ2) is 12.7. The second-order valence-corrected chi connectivity index (χ2v) is 11.4. The Bertz CT molecular complexity index is 1410. The molecule has 1 N–H and O–H groups in total. The Kier molecular flexibility index (Phi) is 9.58. The van der Waals surface area contributed by atoms with Crippen molar-refractivity contribution in [3.05, 3.63) is 89.5 Å². The summed E-state index contributed by atoms with van der Waals surface area (Å²) in [6, 6.07) is 21.2. The molecule has 0 radical (unpaired) electrons. The minimum atomic E-state index is -3.54. The Hall–Kier alpha value is -4.05. The first-order chi connectivity index (χ1) is 18.4. The van der Waals surface area contributed by atoms with Crippen LogP contribution in [0.5, 0.6) is 11.5 Å². The van der Waals surface area contributed by atoms with Crippen LogP contribution in [-0.4, -0.2) is 56.9 Å². The van der Waals surface area contributed by atoms with Gasteiger partial charge in [0.1, 0.15) is 11.5 Å². The minimum Gasteiger partial charge on any atom is -0.481 e. The van der Waals surface area contributed by atoms with Crippen molar-refractivity contribution >= 4 is 27.8 Å². The van der Waals surface area contributed by atoms with E-state index < -0.39 is 28.0 Å². The molecule has 3 aromatic rings. The van der Waals surface area contributed by atoms with E-state index in [1.165, 1.54) is 14.2 Å². The van der Waals surface area contributed by atoms with Crippen molar-refractivity contribution in [2.75, 3.05) is 24.7 Å². The summed E-state index contributed by atoms with van der Waals surface area (Å²) < 4.78 is 36.9. The lowest BCUT2D eigenvalue weighted by Gasteiger charge is -2.29. The average Bonchev–Trinajstić information content (AvgIpc) is 2.91. The van der Waals surface area contributed by atoms with Crippen molar-refractivity contribution in [3.8, 4) is 11.5 Å². The van der Waals surface area contributed by atoms with Crippen LogP contribution in [-0.2, 0) is 32.5 Å². The van der Waals surface area contributed by atoms with Gasteiger partial charge >= 0.3 is 12.1 Å². The monoisotopic (exact) mass is 554 g/mol. The predicted octanol–water partition coefficient (Wildman–Crippen LogP) is 5.26. The number of amides is 1. The van der Waals surface area contributed by atoms with Crippen LogP contribution in [0.4, 0.5) is 10.5 Å². The molecule has 39 heavy (non-hydrogen) atoms. The van der Waals surface area contributed by atoms with Crippen molar-refractivity contribution in [1.29, 1.82) is 0 Å². The van der Waals surface area contributed by atoms with Crippen LogP contribution in [0, 0.1) is 0 Å². The molecule has 3 rings (SSSR count).